The molecule has 0 radical (unpaired) electrons. The van der Waals surface area contributed by atoms with E-state index in [1.807, 2.05) is 0 Å². The van der Waals surface area contributed by atoms with Gasteiger partial charge >= 0.3 is 6.03 Å². The van der Waals surface area contributed by atoms with Crippen LogP contribution in [-0.4, -0.2) is 36.3 Å². The van der Waals surface area contributed by atoms with Gasteiger partial charge in [-0.1, -0.05) is 32.1 Å². The van der Waals surface area contributed by atoms with Crippen LogP contribution in [0.1, 0.15) is 38.8 Å². The zero-order valence-corrected chi connectivity index (χ0v) is 16.6. The first-order valence-corrected chi connectivity index (χ1v) is 9.76. The van der Waals surface area contributed by atoms with Crippen LogP contribution in [0.5, 0.6) is 0 Å². The predicted molar refractivity (Wildman–Crippen MR) is 100 cm³/mol. The number of ether oxygens (including phenoxy) is 1. The SMILES string of the molecule is COCCCNC(=O)Nc1ncc(SCc2ncc(C(C)(C)C)o2)s1. The summed E-state index contributed by atoms with van der Waals surface area (Å²) < 4.78 is 11.7. The lowest BCUT2D eigenvalue weighted by atomic mass is 9.94. The van der Waals surface area contributed by atoms with Gasteiger partial charge in [0.2, 0.25) is 5.89 Å². The van der Waals surface area contributed by atoms with Crippen LogP contribution in [0.3, 0.4) is 0 Å². The first-order chi connectivity index (χ1) is 11.9. The minimum absolute atomic E-state index is 0.0475. The third-order valence-corrected chi connectivity index (χ3v) is 5.24. The maximum atomic E-state index is 11.7. The van der Waals surface area contributed by atoms with Crippen molar-refractivity contribution in [3.63, 3.8) is 0 Å². The Bertz CT molecular complexity index is 679. The Labute approximate surface area is 156 Å². The summed E-state index contributed by atoms with van der Waals surface area (Å²) in [4.78, 5) is 20.2. The van der Waals surface area contributed by atoms with Gasteiger partial charge in [-0.2, -0.15) is 0 Å². The molecule has 2 amide bonds. The Kier molecular flexibility index (Phi) is 7.27. The molecular weight excluding hydrogens is 360 g/mol. The molecule has 0 saturated carbocycles. The van der Waals surface area contributed by atoms with Crippen LogP contribution in [0.4, 0.5) is 9.93 Å². The Morgan fingerprint density at radius 3 is 2.84 bits per heavy atom. The van der Waals surface area contributed by atoms with Crippen molar-refractivity contribution in [2.75, 3.05) is 25.6 Å². The normalized spacial score (nSPS) is 11.5. The van der Waals surface area contributed by atoms with E-state index in [9.17, 15) is 4.79 Å². The Morgan fingerprint density at radius 1 is 1.36 bits per heavy atom. The van der Waals surface area contributed by atoms with Gasteiger partial charge in [-0.15, -0.1) is 11.8 Å². The van der Waals surface area contributed by atoms with Gasteiger partial charge in [0.25, 0.3) is 0 Å². The number of carbonyl (C=O) groups is 1. The average molecular weight is 385 g/mol. The molecule has 0 aliphatic rings. The van der Waals surface area contributed by atoms with Gasteiger partial charge in [-0.25, -0.2) is 14.8 Å². The number of oxazole rings is 1. The lowest BCUT2D eigenvalue weighted by molar-refractivity contribution is 0.194. The van der Waals surface area contributed by atoms with E-state index in [4.69, 9.17) is 9.15 Å². The third kappa shape index (κ3) is 6.68. The van der Waals surface area contributed by atoms with Crippen LogP contribution in [0.25, 0.3) is 0 Å². The molecule has 25 heavy (non-hydrogen) atoms. The molecule has 2 heterocycles. The summed E-state index contributed by atoms with van der Waals surface area (Å²) in [7, 11) is 1.64. The smallest absolute Gasteiger partial charge is 0.321 e. The number of thiazole rings is 1. The number of thioether (sulfide) groups is 1. The number of methoxy groups -OCH3 is 1. The fourth-order valence-corrected chi connectivity index (χ4v) is 3.52. The second kappa shape index (κ2) is 9.21. The number of hydrogen-bond acceptors (Lipinski definition) is 7. The summed E-state index contributed by atoms with van der Waals surface area (Å²) in [5.74, 6) is 2.19. The highest BCUT2D eigenvalue weighted by Crippen LogP contribution is 2.31. The molecule has 0 bridgehead atoms. The topological polar surface area (TPSA) is 89.3 Å². The molecule has 0 fully saturated rings. The number of hydrogen-bond donors (Lipinski definition) is 2. The number of urea groups is 1. The molecule has 0 aromatic carbocycles. The minimum atomic E-state index is -0.260. The van der Waals surface area contributed by atoms with Crippen LogP contribution < -0.4 is 10.6 Å². The van der Waals surface area contributed by atoms with Gasteiger partial charge < -0.3 is 14.5 Å². The Morgan fingerprint density at radius 2 is 2.16 bits per heavy atom. The van der Waals surface area contributed by atoms with E-state index in [-0.39, 0.29) is 11.4 Å². The average Bonchev–Trinajstić information content (AvgIpc) is 3.18. The zero-order valence-electron chi connectivity index (χ0n) is 14.9. The van der Waals surface area contributed by atoms with E-state index in [2.05, 4.69) is 41.4 Å². The molecule has 2 N–H and O–H groups in total. The van der Waals surface area contributed by atoms with Crippen LogP contribution in [0.15, 0.2) is 21.0 Å². The van der Waals surface area contributed by atoms with Gasteiger partial charge in [-0.05, 0) is 6.42 Å². The maximum Gasteiger partial charge on any atom is 0.321 e. The summed E-state index contributed by atoms with van der Waals surface area (Å²) in [5.41, 5.74) is -0.0475. The van der Waals surface area contributed by atoms with Crippen LogP contribution in [-0.2, 0) is 15.9 Å². The van der Waals surface area contributed by atoms with Crippen molar-refractivity contribution in [3.05, 3.63) is 24.0 Å². The summed E-state index contributed by atoms with van der Waals surface area (Å²) in [6.45, 7) is 7.45. The largest absolute Gasteiger partial charge is 0.444 e. The zero-order chi connectivity index (χ0) is 18.3. The third-order valence-electron chi connectivity index (χ3n) is 3.15. The van der Waals surface area contributed by atoms with Crippen molar-refractivity contribution in [1.29, 1.82) is 0 Å². The number of nitrogens with one attached hydrogen (secondary N) is 2. The van der Waals surface area contributed by atoms with Crippen molar-refractivity contribution in [3.8, 4) is 0 Å². The number of aromatic nitrogens is 2. The quantitative estimate of drug-likeness (QED) is 0.530. The highest BCUT2D eigenvalue weighted by molar-refractivity contribution is 8.00. The van der Waals surface area contributed by atoms with E-state index in [1.54, 1.807) is 31.3 Å². The Hall–Kier alpha value is -1.58. The Balaban J connectivity index is 1.77. The van der Waals surface area contributed by atoms with Gasteiger partial charge in [0, 0.05) is 25.7 Å². The van der Waals surface area contributed by atoms with E-state index >= 15 is 0 Å². The van der Waals surface area contributed by atoms with E-state index in [0.29, 0.717) is 29.9 Å². The lowest BCUT2D eigenvalue weighted by Gasteiger charge is -2.12. The van der Waals surface area contributed by atoms with Gasteiger partial charge in [0.05, 0.1) is 22.4 Å². The van der Waals surface area contributed by atoms with Crippen molar-refractivity contribution < 1.29 is 13.9 Å². The first kappa shape index (κ1) is 19.7. The number of rotatable bonds is 8. The number of anilines is 1. The second-order valence-electron chi connectivity index (χ2n) is 6.37. The highest BCUT2D eigenvalue weighted by atomic mass is 32.2. The number of nitrogens with zero attached hydrogens (tertiary/aromatic N) is 2. The molecule has 0 aliphatic carbocycles. The van der Waals surface area contributed by atoms with E-state index in [0.717, 1.165) is 16.4 Å². The molecule has 0 spiro atoms. The minimum Gasteiger partial charge on any atom is -0.444 e. The fraction of sp³-hybridized carbons (Fsp3) is 0.562. The van der Waals surface area contributed by atoms with E-state index < -0.39 is 0 Å². The summed E-state index contributed by atoms with van der Waals surface area (Å²) in [6.07, 6.45) is 4.29. The summed E-state index contributed by atoms with van der Waals surface area (Å²) in [6, 6.07) is -0.260. The van der Waals surface area contributed by atoms with Crippen molar-refractivity contribution in [1.82, 2.24) is 15.3 Å². The molecule has 2 aromatic heterocycles. The molecule has 0 aliphatic heterocycles. The molecule has 0 saturated heterocycles. The lowest BCUT2D eigenvalue weighted by Crippen LogP contribution is -2.29. The van der Waals surface area contributed by atoms with Crippen LogP contribution in [0, 0.1) is 0 Å². The number of carbonyl (C=O) groups excluding carboxylic acids is 1. The standard InChI is InChI=1S/C16H24N4O3S2/c1-16(2,3)11-8-18-12(23-11)10-24-13-9-19-15(25-13)20-14(21)17-6-5-7-22-4/h8-9H,5-7,10H2,1-4H3,(H2,17,19,20,21). The van der Waals surface area contributed by atoms with Crippen LogP contribution in [0.2, 0.25) is 0 Å². The summed E-state index contributed by atoms with van der Waals surface area (Å²) in [5, 5.41) is 6.04. The molecule has 0 unspecified atom stereocenters. The molecule has 2 aromatic rings. The predicted octanol–water partition coefficient (Wildman–Crippen LogP) is 3.88. The van der Waals surface area contributed by atoms with Crippen molar-refractivity contribution >= 4 is 34.3 Å². The van der Waals surface area contributed by atoms with Gasteiger partial charge in [0.15, 0.2) is 5.13 Å². The molecule has 9 heteroatoms. The van der Waals surface area contributed by atoms with Crippen LogP contribution >= 0.6 is 23.1 Å². The summed E-state index contributed by atoms with van der Waals surface area (Å²) >= 11 is 3.00. The molecule has 2 rings (SSSR count). The van der Waals surface area contributed by atoms with E-state index in [1.165, 1.54) is 11.3 Å². The maximum absolute atomic E-state index is 11.7. The first-order valence-electron chi connectivity index (χ1n) is 7.96. The second-order valence-corrected chi connectivity index (χ2v) is 8.67. The fourth-order valence-electron chi connectivity index (χ4n) is 1.80. The molecule has 138 valence electrons. The van der Waals surface area contributed by atoms with Gasteiger partial charge in [0.1, 0.15) is 5.76 Å². The van der Waals surface area contributed by atoms with Crippen molar-refractivity contribution in [2.45, 2.75) is 42.6 Å². The number of amides is 2. The molecule has 0 atom stereocenters. The van der Waals surface area contributed by atoms with Crippen molar-refractivity contribution in [2.24, 2.45) is 0 Å². The molecule has 7 nitrogen and oxygen atoms in total. The monoisotopic (exact) mass is 384 g/mol. The van der Waals surface area contributed by atoms with Gasteiger partial charge in [-0.3, -0.25) is 5.32 Å². The molecular formula is C16H24N4O3S2. The highest BCUT2D eigenvalue weighted by Gasteiger charge is 2.19.